The van der Waals surface area contributed by atoms with Crippen molar-refractivity contribution in [3.05, 3.63) is 0 Å². The summed E-state index contributed by atoms with van der Waals surface area (Å²) in [7, 11) is 0. The number of ether oxygens (including phenoxy) is 2. The van der Waals surface area contributed by atoms with E-state index in [9.17, 15) is 9.59 Å². The standard InChI is InChI=1S/2C20H40O3/c2*1-2-3-4-5-6-7-8-9-10-11-12-13-14-15-16-17-20(22)23-19-18-21/h2*21H,2-19H2,1H3. The van der Waals surface area contributed by atoms with Gasteiger partial charge in [0, 0.05) is 12.8 Å². The second-order valence-electron chi connectivity index (χ2n) is 13.3. The van der Waals surface area contributed by atoms with Crippen molar-refractivity contribution in [3.63, 3.8) is 0 Å². The Kier molecular flexibility index (Phi) is 44.8. The number of hydrogen-bond donors (Lipinski definition) is 2. The zero-order valence-electron chi connectivity index (χ0n) is 31.0. The first-order valence-corrected chi connectivity index (χ1v) is 20.1. The zero-order chi connectivity index (χ0) is 34.0. The third-order valence-corrected chi connectivity index (χ3v) is 8.68. The number of rotatable bonds is 36. The molecule has 0 spiro atoms. The van der Waals surface area contributed by atoms with Crippen LogP contribution in [-0.4, -0.2) is 48.6 Å². The first-order chi connectivity index (χ1) is 22.6. The maximum absolute atomic E-state index is 11.2. The number of carbonyl (C=O) groups excluding carboxylic acids is 2. The van der Waals surface area contributed by atoms with Gasteiger partial charge in [0.15, 0.2) is 0 Å². The van der Waals surface area contributed by atoms with Gasteiger partial charge in [-0.15, -0.1) is 0 Å². The molecule has 0 aromatic carbocycles. The van der Waals surface area contributed by atoms with Crippen LogP contribution in [0.3, 0.4) is 0 Å². The van der Waals surface area contributed by atoms with Crippen LogP contribution in [0, 0.1) is 0 Å². The lowest BCUT2D eigenvalue weighted by molar-refractivity contribution is -0.145. The van der Waals surface area contributed by atoms with E-state index in [1.807, 2.05) is 0 Å². The molecule has 0 amide bonds. The smallest absolute Gasteiger partial charge is 0.305 e. The van der Waals surface area contributed by atoms with Crippen molar-refractivity contribution in [2.75, 3.05) is 26.4 Å². The molecule has 0 aliphatic rings. The Balaban J connectivity index is 0. The molecule has 0 atom stereocenters. The number of aliphatic hydroxyl groups excluding tert-OH is 2. The van der Waals surface area contributed by atoms with Gasteiger partial charge in [0.05, 0.1) is 13.2 Å². The van der Waals surface area contributed by atoms with E-state index >= 15 is 0 Å². The summed E-state index contributed by atoms with van der Waals surface area (Å²) < 4.78 is 9.64. The average molecular weight is 657 g/mol. The molecule has 276 valence electrons. The van der Waals surface area contributed by atoms with Gasteiger partial charge in [0.2, 0.25) is 0 Å². The van der Waals surface area contributed by atoms with E-state index in [4.69, 9.17) is 19.7 Å². The summed E-state index contributed by atoms with van der Waals surface area (Å²) >= 11 is 0. The lowest BCUT2D eigenvalue weighted by atomic mass is 10.0. The van der Waals surface area contributed by atoms with Crippen molar-refractivity contribution >= 4 is 11.9 Å². The van der Waals surface area contributed by atoms with Gasteiger partial charge < -0.3 is 19.7 Å². The van der Waals surface area contributed by atoms with Gasteiger partial charge in [0.1, 0.15) is 13.2 Å². The second-order valence-corrected chi connectivity index (χ2v) is 13.3. The maximum Gasteiger partial charge on any atom is 0.305 e. The van der Waals surface area contributed by atoms with Crippen molar-refractivity contribution in [2.24, 2.45) is 0 Å². The highest BCUT2D eigenvalue weighted by molar-refractivity contribution is 5.69. The Bertz CT molecular complexity index is 532. The fourth-order valence-electron chi connectivity index (χ4n) is 5.74. The van der Waals surface area contributed by atoms with Gasteiger partial charge in [-0.1, -0.05) is 194 Å². The fourth-order valence-corrected chi connectivity index (χ4v) is 5.74. The molecule has 0 bridgehead atoms. The normalized spacial score (nSPS) is 10.9. The van der Waals surface area contributed by atoms with Crippen molar-refractivity contribution < 1.29 is 29.3 Å². The molecule has 0 fully saturated rings. The van der Waals surface area contributed by atoms with Crippen molar-refractivity contribution in [1.82, 2.24) is 0 Å². The van der Waals surface area contributed by atoms with Gasteiger partial charge in [-0.25, -0.2) is 0 Å². The molecule has 0 aliphatic carbocycles. The monoisotopic (exact) mass is 657 g/mol. The minimum Gasteiger partial charge on any atom is -0.463 e. The summed E-state index contributed by atoms with van der Waals surface area (Å²) in [5.74, 6) is -0.345. The van der Waals surface area contributed by atoms with E-state index in [0.29, 0.717) is 12.8 Å². The number of hydrogen-bond acceptors (Lipinski definition) is 6. The van der Waals surface area contributed by atoms with E-state index in [1.165, 1.54) is 167 Å². The Morgan fingerprint density at radius 2 is 0.543 bits per heavy atom. The van der Waals surface area contributed by atoms with E-state index < -0.39 is 0 Å². The Morgan fingerprint density at radius 3 is 0.739 bits per heavy atom. The maximum atomic E-state index is 11.2. The predicted octanol–water partition coefficient (Wildman–Crippen LogP) is 11.6. The lowest BCUT2D eigenvalue weighted by Gasteiger charge is -2.04. The Hall–Kier alpha value is -1.14. The van der Waals surface area contributed by atoms with Crippen LogP contribution < -0.4 is 0 Å². The first-order valence-electron chi connectivity index (χ1n) is 20.1. The molecule has 0 radical (unpaired) electrons. The fraction of sp³-hybridized carbons (Fsp3) is 0.950. The van der Waals surface area contributed by atoms with E-state index in [0.717, 1.165) is 25.7 Å². The van der Waals surface area contributed by atoms with Gasteiger partial charge in [-0.3, -0.25) is 9.59 Å². The molecular weight excluding hydrogens is 576 g/mol. The highest BCUT2D eigenvalue weighted by Gasteiger charge is 2.03. The topological polar surface area (TPSA) is 93.1 Å². The Morgan fingerprint density at radius 1 is 0.348 bits per heavy atom. The molecule has 0 saturated heterocycles. The predicted molar refractivity (Wildman–Crippen MR) is 195 cm³/mol. The minimum absolute atomic E-state index is 0.0788. The summed E-state index contributed by atoms with van der Waals surface area (Å²) in [4.78, 5) is 22.4. The van der Waals surface area contributed by atoms with Crippen LogP contribution in [0.1, 0.15) is 219 Å². The quantitative estimate of drug-likeness (QED) is 0.0515. The first kappa shape index (κ1) is 47.0. The molecule has 0 saturated carbocycles. The number of carbonyl (C=O) groups is 2. The SMILES string of the molecule is CCCCCCCCCCCCCCCCCC(=O)OCCO.CCCCCCCCCCCCCCCCCC(=O)OCCO. The van der Waals surface area contributed by atoms with E-state index in [2.05, 4.69) is 13.8 Å². The van der Waals surface area contributed by atoms with Crippen LogP contribution >= 0.6 is 0 Å². The second kappa shape index (κ2) is 43.9. The van der Waals surface area contributed by atoms with Gasteiger partial charge in [0.25, 0.3) is 0 Å². The summed E-state index contributed by atoms with van der Waals surface area (Å²) in [6.07, 6.45) is 40.9. The van der Waals surface area contributed by atoms with E-state index in [-0.39, 0.29) is 38.4 Å². The summed E-state index contributed by atoms with van der Waals surface area (Å²) in [5.41, 5.74) is 0. The lowest BCUT2D eigenvalue weighted by Crippen LogP contribution is -2.07. The molecule has 2 N–H and O–H groups in total. The molecule has 6 heteroatoms. The summed E-state index contributed by atoms with van der Waals surface area (Å²) in [5, 5.41) is 17.1. The molecule has 0 heterocycles. The number of esters is 2. The summed E-state index contributed by atoms with van der Waals surface area (Å²) in [6, 6.07) is 0. The van der Waals surface area contributed by atoms with Crippen LogP contribution in [0.5, 0.6) is 0 Å². The van der Waals surface area contributed by atoms with Crippen LogP contribution in [0.2, 0.25) is 0 Å². The van der Waals surface area contributed by atoms with Crippen molar-refractivity contribution in [3.8, 4) is 0 Å². The van der Waals surface area contributed by atoms with Gasteiger partial charge >= 0.3 is 11.9 Å². The average Bonchev–Trinajstić information content (AvgIpc) is 3.06. The molecular formula is C40H80O6. The molecule has 0 aromatic rings. The molecule has 0 unspecified atom stereocenters. The van der Waals surface area contributed by atoms with E-state index in [1.54, 1.807) is 0 Å². The molecule has 0 aromatic heterocycles. The highest BCUT2D eigenvalue weighted by atomic mass is 16.5. The molecule has 6 nitrogen and oxygen atoms in total. The summed E-state index contributed by atoms with van der Waals surface area (Å²) in [6.45, 7) is 4.66. The minimum atomic E-state index is -0.172. The highest BCUT2D eigenvalue weighted by Crippen LogP contribution is 2.15. The van der Waals surface area contributed by atoms with Crippen molar-refractivity contribution in [1.29, 1.82) is 0 Å². The van der Waals surface area contributed by atoms with Crippen LogP contribution in [0.25, 0.3) is 0 Å². The Labute approximate surface area is 286 Å². The molecule has 46 heavy (non-hydrogen) atoms. The largest absolute Gasteiger partial charge is 0.463 e. The van der Waals surface area contributed by atoms with Gasteiger partial charge in [-0.05, 0) is 12.8 Å². The molecule has 0 aliphatic heterocycles. The number of aliphatic hydroxyl groups is 2. The van der Waals surface area contributed by atoms with Gasteiger partial charge in [-0.2, -0.15) is 0 Å². The van der Waals surface area contributed by atoms with Crippen molar-refractivity contribution in [2.45, 2.75) is 219 Å². The number of unbranched alkanes of at least 4 members (excludes halogenated alkanes) is 28. The third-order valence-electron chi connectivity index (χ3n) is 8.68. The van der Waals surface area contributed by atoms with Crippen LogP contribution in [0.15, 0.2) is 0 Å². The molecule has 0 rings (SSSR count). The van der Waals surface area contributed by atoms with Crippen LogP contribution in [-0.2, 0) is 19.1 Å². The third kappa shape index (κ3) is 45.0. The zero-order valence-corrected chi connectivity index (χ0v) is 31.0. The van der Waals surface area contributed by atoms with Crippen LogP contribution in [0.4, 0.5) is 0 Å².